The fraction of sp³-hybridized carbons (Fsp3) is 0.640. The van der Waals surface area contributed by atoms with Crippen LogP contribution in [0.25, 0.3) is 0 Å². The minimum atomic E-state index is -0.708. The van der Waals surface area contributed by atoms with Gasteiger partial charge in [0.25, 0.3) is 0 Å². The van der Waals surface area contributed by atoms with Gasteiger partial charge in [0.1, 0.15) is 0 Å². The first-order valence-electron chi connectivity index (χ1n) is 10.9. The van der Waals surface area contributed by atoms with Crippen LogP contribution in [-0.2, 0) is 4.79 Å². The van der Waals surface area contributed by atoms with Crippen molar-refractivity contribution < 1.29 is 9.90 Å². The van der Waals surface area contributed by atoms with E-state index in [4.69, 9.17) is 0 Å². The molecule has 2 saturated carbocycles. The van der Waals surface area contributed by atoms with Crippen LogP contribution in [0.5, 0.6) is 0 Å². The Morgan fingerprint density at radius 1 is 1.29 bits per heavy atom. The molecule has 3 fully saturated rings. The van der Waals surface area contributed by atoms with Crippen molar-refractivity contribution in [1.29, 1.82) is 0 Å². The number of hydrogen-bond acceptors (Lipinski definition) is 2. The third kappa shape index (κ3) is 3.12. The summed E-state index contributed by atoms with van der Waals surface area (Å²) in [5.74, 6) is 1.35. The van der Waals surface area contributed by atoms with Gasteiger partial charge in [-0.1, -0.05) is 55.4 Å². The van der Waals surface area contributed by atoms with Crippen LogP contribution in [0.2, 0.25) is 0 Å². The molecule has 4 rings (SSSR count). The number of nitrogens with one attached hydrogen (secondary N) is 1. The standard InChI is InChI=1S/C25H35NO2/c1-15(2)7-6-8-16(3)17-11-12-24(4)13-20-22-18(9-10-19(17)24)23(27)26-21(22)14-25(20,5)28/h6-10,16-17,20-22,28H,11-14H2,1-5H3,(H,26,27)/b8-6-,18-9?,19-10?/t16-,17+,20-,21+,22-,24+,25+/m0/s1. The predicted octanol–water partition coefficient (Wildman–Crippen LogP) is 4.70. The van der Waals surface area contributed by atoms with Gasteiger partial charge in [-0.05, 0) is 69.6 Å². The van der Waals surface area contributed by atoms with Crippen LogP contribution < -0.4 is 5.32 Å². The van der Waals surface area contributed by atoms with E-state index in [0.29, 0.717) is 18.3 Å². The lowest BCUT2D eigenvalue weighted by Crippen LogP contribution is -2.38. The van der Waals surface area contributed by atoms with Crippen LogP contribution in [-0.4, -0.2) is 22.7 Å². The second kappa shape index (κ2) is 6.73. The first kappa shape index (κ1) is 19.7. The molecule has 0 aromatic carbocycles. The highest BCUT2D eigenvalue weighted by molar-refractivity contribution is 5.97. The summed E-state index contributed by atoms with van der Waals surface area (Å²) < 4.78 is 0. The molecule has 7 atom stereocenters. The zero-order valence-electron chi connectivity index (χ0n) is 18.0. The lowest BCUT2D eigenvalue weighted by molar-refractivity contribution is -0.117. The molecule has 0 radical (unpaired) electrons. The first-order chi connectivity index (χ1) is 13.1. The van der Waals surface area contributed by atoms with Gasteiger partial charge >= 0.3 is 0 Å². The summed E-state index contributed by atoms with van der Waals surface area (Å²) in [6.07, 6.45) is 15.0. The molecule has 0 aromatic rings. The van der Waals surface area contributed by atoms with Crippen molar-refractivity contribution >= 4 is 5.91 Å². The third-order valence-corrected chi connectivity index (χ3v) is 7.93. The molecule has 0 spiro atoms. The molecular formula is C25H35NO2. The minimum Gasteiger partial charge on any atom is -0.390 e. The number of fused-ring (bicyclic) bond motifs is 1. The van der Waals surface area contributed by atoms with E-state index < -0.39 is 5.60 Å². The predicted molar refractivity (Wildman–Crippen MR) is 114 cm³/mol. The highest BCUT2D eigenvalue weighted by atomic mass is 16.3. The number of carbonyl (C=O) groups is 1. The van der Waals surface area contributed by atoms with E-state index in [1.165, 1.54) is 24.0 Å². The Kier molecular flexibility index (Phi) is 4.73. The average Bonchev–Trinajstić information content (AvgIpc) is 3.12. The van der Waals surface area contributed by atoms with Crippen LogP contribution in [0.4, 0.5) is 0 Å². The SMILES string of the molecule is CC(C)=C/C=C\[C@H](C)[C@H]1CC[C@]2(C)C[C@H]3[C@@H]4C(=CC=C12)C(=O)N[C@@H]4C[C@@]3(C)O. The maximum absolute atomic E-state index is 12.6. The molecule has 1 heterocycles. The van der Waals surface area contributed by atoms with Gasteiger partial charge in [-0.3, -0.25) is 4.79 Å². The van der Waals surface area contributed by atoms with Crippen LogP contribution >= 0.6 is 0 Å². The molecule has 3 aliphatic carbocycles. The summed E-state index contributed by atoms with van der Waals surface area (Å²) in [7, 11) is 0. The maximum atomic E-state index is 12.6. The minimum absolute atomic E-state index is 0.0713. The summed E-state index contributed by atoms with van der Waals surface area (Å²) in [6.45, 7) is 10.9. The number of aliphatic hydroxyl groups is 1. The van der Waals surface area contributed by atoms with Gasteiger partial charge in [-0.25, -0.2) is 0 Å². The molecule has 0 bridgehead atoms. The largest absolute Gasteiger partial charge is 0.390 e. The lowest BCUT2D eigenvalue weighted by atomic mass is 9.67. The smallest absolute Gasteiger partial charge is 0.247 e. The van der Waals surface area contributed by atoms with Crippen molar-refractivity contribution in [2.24, 2.45) is 29.1 Å². The fourth-order valence-electron chi connectivity index (χ4n) is 6.44. The van der Waals surface area contributed by atoms with Crippen molar-refractivity contribution in [2.45, 2.75) is 71.9 Å². The maximum Gasteiger partial charge on any atom is 0.247 e. The normalized spacial score (nSPS) is 42.9. The monoisotopic (exact) mass is 381 g/mol. The second-order valence-corrected chi connectivity index (χ2v) is 10.4. The topological polar surface area (TPSA) is 49.3 Å². The van der Waals surface area contributed by atoms with Gasteiger partial charge in [0.2, 0.25) is 5.91 Å². The molecule has 1 saturated heterocycles. The molecule has 0 unspecified atom stereocenters. The zero-order valence-corrected chi connectivity index (χ0v) is 18.0. The zero-order chi connectivity index (χ0) is 20.3. The summed E-state index contributed by atoms with van der Waals surface area (Å²) in [6, 6.07) is 0.0976. The van der Waals surface area contributed by atoms with E-state index in [2.05, 4.69) is 63.4 Å². The van der Waals surface area contributed by atoms with Crippen molar-refractivity contribution in [1.82, 2.24) is 5.32 Å². The molecule has 152 valence electrons. The van der Waals surface area contributed by atoms with Crippen molar-refractivity contribution in [3.8, 4) is 0 Å². The molecule has 0 aromatic heterocycles. The van der Waals surface area contributed by atoms with Crippen LogP contribution in [0.15, 0.2) is 47.1 Å². The summed E-state index contributed by atoms with van der Waals surface area (Å²) in [5, 5.41) is 14.3. The number of allylic oxidation sites excluding steroid dienone is 7. The molecule has 4 aliphatic rings. The van der Waals surface area contributed by atoms with Crippen molar-refractivity contribution in [3.05, 3.63) is 47.1 Å². The van der Waals surface area contributed by atoms with Gasteiger partial charge < -0.3 is 10.4 Å². The molecule has 3 nitrogen and oxygen atoms in total. The summed E-state index contributed by atoms with van der Waals surface area (Å²) in [4.78, 5) is 12.6. The van der Waals surface area contributed by atoms with Crippen LogP contribution in [0.1, 0.15) is 60.3 Å². The van der Waals surface area contributed by atoms with E-state index in [9.17, 15) is 9.90 Å². The van der Waals surface area contributed by atoms with E-state index in [0.717, 1.165) is 12.0 Å². The molecule has 3 heteroatoms. The number of hydrogen-bond donors (Lipinski definition) is 2. The van der Waals surface area contributed by atoms with Gasteiger partial charge in [-0.2, -0.15) is 0 Å². The average molecular weight is 382 g/mol. The van der Waals surface area contributed by atoms with Gasteiger partial charge in [-0.15, -0.1) is 0 Å². The molecule has 2 N–H and O–H groups in total. The second-order valence-electron chi connectivity index (χ2n) is 10.4. The number of rotatable bonds is 3. The number of amides is 1. The van der Waals surface area contributed by atoms with Crippen molar-refractivity contribution in [3.63, 3.8) is 0 Å². The van der Waals surface area contributed by atoms with Crippen LogP contribution in [0.3, 0.4) is 0 Å². The Morgan fingerprint density at radius 3 is 2.75 bits per heavy atom. The van der Waals surface area contributed by atoms with E-state index in [1.807, 2.05) is 6.92 Å². The Bertz CT molecular complexity index is 795. The summed E-state index contributed by atoms with van der Waals surface area (Å²) >= 11 is 0. The Labute approximate surface area is 169 Å². The molecule has 28 heavy (non-hydrogen) atoms. The highest BCUT2D eigenvalue weighted by Gasteiger charge is 2.58. The van der Waals surface area contributed by atoms with Crippen LogP contribution in [0, 0.1) is 29.1 Å². The van der Waals surface area contributed by atoms with Gasteiger partial charge in [0.15, 0.2) is 0 Å². The lowest BCUT2D eigenvalue weighted by Gasteiger charge is -2.39. The fourth-order valence-corrected chi connectivity index (χ4v) is 6.44. The van der Waals surface area contributed by atoms with E-state index >= 15 is 0 Å². The highest BCUT2D eigenvalue weighted by Crippen LogP contribution is 2.59. The Morgan fingerprint density at radius 2 is 2.04 bits per heavy atom. The quantitative estimate of drug-likeness (QED) is 0.696. The van der Waals surface area contributed by atoms with Gasteiger partial charge in [0.05, 0.1) is 5.60 Å². The Balaban J connectivity index is 1.70. The van der Waals surface area contributed by atoms with Crippen molar-refractivity contribution in [2.75, 3.05) is 0 Å². The number of carbonyl (C=O) groups excluding carboxylic acids is 1. The third-order valence-electron chi connectivity index (χ3n) is 7.93. The van der Waals surface area contributed by atoms with E-state index in [1.54, 1.807) is 0 Å². The van der Waals surface area contributed by atoms with Gasteiger partial charge in [0, 0.05) is 17.5 Å². The van der Waals surface area contributed by atoms with E-state index in [-0.39, 0.29) is 29.2 Å². The Hall–Kier alpha value is -1.61. The summed E-state index contributed by atoms with van der Waals surface area (Å²) in [5.41, 5.74) is 3.08. The molecule has 1 amide bonds. The molecular weight excluding hydrogens is 346 g/mol. The molecule has 1 aliphatic heterocycles. The first-order valence-corrected chi connectivity index (χ1v) is 10.9.